The number of carboxylic acids is 1. The molecule has 0 amide bonds. The summed E-state index contributed by atoms with van der Waals surface area (Å²) in [5.41, 5.74) is -0.798. The molecule has 1 aromatic heterocycles. The van der Waals surface area contributed by atoms with Crippen LogP contribution in [-0.2, 0) is 22.5 Å². The summed E-state index contributed by atoms with van der Waals surface area (Å²) in [5, 5.41) is 21.2. The van der Waals surface area contributed by atoms with Crippen molar-refractivity contribution >= 4 is 5.97 Å². The number of hydrogen-bond acceptors (Lipinski definition) is 5. The highest BCUT2D eigenvalue weighted by Crippen LogP contribution is 2.29. The SMILES string of the molecule is CCC(CC)(Cn1nnnc1CCC1CCCO1)C(=O)O. The summed E-state index contributed by atoms with van der Waals surface area (Å²) in [7, 11) is 0. The van der Waals surface area contributed by atoms with E-state index in [1.807, 2.05) is 13.8 Å². The highest BCUT2D eigenvalue weighted by molar-refractivity contribution is 5.74. The quantitative estimate of drug-likeness (QED) is 0.785. The molecule has 0 radical (unpaired) electrons. The molecule has 1 atom stereocenters. The maximum absolute atomic E-state index is 11.6. The Morgan fingerprint density at radius 1 is 1.48 bits per heavy atom. The van der Waals surface area contributed by atoms with Crippen LogP contribution in [0.15, 0.2) is 0 Å². The molecule has 0 bridgehead atoms. The van der Waals surface area contributed by atoms with Crippen molar-refractivity contribution in [2.75, 3.05) is 6.61 Å². The number of rotatable bonds is 8. The first kappa shape index (κ1) is 15.9. The molecule has 0 aliphatic carbocycles. The minimum absolute atomic E-state index is 0.289. The topological polar surface area (TPSA) is 90.1 Å². The largest absolute Gasteiger partial charge is 0.481 e. The van der Waals surface area contributed by atoms with Crippen LogP contribution in [0.25, 0.3) is 0 Å². The molecule has 1 aliphatic rings. The Balaban J connectivity index is 2.03. The van der Waals surface area contributed by atoms with Gasteiger partial charge < -0.3 is 9.84 Å². The molecule has 118 valence electrons. The molecule has 1 saturated heterocycles. The lowest BCUT2D eigenvalue weighted by Crippen LogP contribution is -2.35. The zero-order valence-electron chi connectivity index (χ0n) is 12.8. The van der Waals surface area contributed by atoms with Crippen LogP contribution >= 0.6 is 0 Å². The molecule has 1 fully saturated rings. The number of nitrogens with zero attached hydrogens (tertiary/aromatic N) is 4. The third kappa shape index (κ3) is 3.58. The van der Waals surface area contributed by atoms with E-state index in [1.165, 1.54) is 0 Å². The number of carboxylic acid groups (broad SMARTS) is 1. The van der Waals surface area contributed by atoms with E-state index in [0.29, 0.717) is 19.4 Å². The number of aliphatic carboxylic acids is 1. The molecule has 2 heterocycles. The second-order valence-corrected chi connectivity index (χ2v) is 5.72. The molecule has 1 aliphatic heterocycles. The van der Waals surface area contributed by atoms with Crippen molar-refractivity contribution in [2.45, 2.75) is 65.0 Å². The normalized spacial score (nSPS) is 19.0. The molecule has 0 spiro atoms. The second-order valence-electron chi connectivity index (χ2n) is 5.72. The van der Waals surface area contributed by atoms with Crippen molar-refractivity contribution < 1.29 is 14.6 Å². The van der Waals surface area contributed by atoms with Crippen LogP contribution in [0.4, 0.5) is 0 Å². The molecular formula is C14H24N4O3. The molecule has 21 heavy (non-hydrogen) atoms. The fourth-order valence-corrected chi connectivity index (χ4v) is 2.82. The molecule has 2 rings (SSSR count). The Bertz CT molecular complexity index is 465. The van der Waals surface area contributed by atoms with E-state index in [4.69, 9.17) is 4.74 Å². The Kier molecular flexibility index (Phi) is 5.27. The first-order valence-electron chi connectivity index (χ1n) is 7.71. The lowest BCUT2D eigenvalue weighted by atomic mass is 9.82. The van der Waals surface area contributed by atoms with Gasteiger partial charge in [-0.05, 0) is 42.5 Å². The standard InChI is InChI=1S/C14H24N4O3/c1-3-14(4-2,13(19)20)10-18-12(15-16-17-18)8-7-11-6-5-9-21-11/h11H,3-10H2,1-2H3,(H,19,20). The first-order valence-corrected chi connectivity index (χ1v) is 7.71. The average Bonchev–Trinajstić information content (AvgIpc) is 3.13. The third-order valence-corrected chi connectivity index (χ3v) is 4.58. The summed E-state index contributed by atoms with van der Waals surface area (Å²) in [4.78, 5) is 11.6. The monoisotopic (exact) mass is 296 g/mol. The van der Waals surface area contributed by atoms with E-state index in [-0.39, 0.29) is 6.10 Å². The van der Waals surface area contributed by atoms with Crippen molar-refractivity contribution in [2.24, 2.45) is 5.41 Å². The van der Waals surface area contributed by atoms with Crippen LogP contribution in [0.1, 0.15) is 51.8 Å². The van der Waals surface area contributed by atoms with Gasteiger partial charge in [-0.2, -0.15) is 0 Å². The predicted octanol–water partition coefficient (Wildman–Crippen LogP) is 1.68. The van der Waals surface area contributed by atoms with Gasteiger partial charge >= 0.3 is 5.97 Å². The van der Waals surface area contributed by atoms with Gasteiger partial charge in [0.05, 0.1) is 18.1 Å². The number of ether oxygens (including phenoxy) is 1. The van der Waals surface area contributed by atoms with Crippen LogP contribution in [0.5, 0.6) is 0 Å². The Labute approximate surface area is 124 Å². The van der Waals surface area contributed by atoms with Gasteiger partial charge in [0.15, 0.2) is 5.82 Å². The van der Waals surface area contributed by atoms with Crippen LogP contribution < -0.4 is 0 Å². The zero-order chi connectivity index (χ0) is 15.3. The lowest BCUT2D eigenvalue weighted by Gasteiger charge is -2.26. The number of hydrogen-bond donors (Lipinski definition) is 1. The van der Waals surface area contributed by atoms with Gasteiger partial charge in [-0.3, -0.25) is 4.79 Å². The Hall–Kier alpha value is -1.50. The number of tetrazole rings is 1. The summed E-state index contributed by atoms with van der Waals surface area (Å²) in [6.07, 6.45) is 5.22. The fourth-order valence-electron chi connectivity index (χ4n) is 2.82. The summed E-state index contributed by atoms with van der Waals surface area (Å²) in [6.45, 7) is 4.95. The van der Waals surface area contributed by atoms with Crippen LogP contribution in [0.2, 0.25) is 0 Å². The van der Waals surface area contributed by atoms with Crippen LogP contribution in [-0.4, -0.2) is 44.0 Å². The summed E-state index contributed by atoms with van der Waals surface area (Å²) < 4.78 is 7.25. The lowest BCUT2D eigenvalue weighted by molar-refractivity contribution is -0.150. The molecule has 7 nitrogen and oxygen atoms in total. The molecule has 0 aromatic carbocycles. The summed E-state index contributed by atoms with van der Waals surface area (Å²) in [6, 6.07) is 0. The van der Waals surface area contributed by atoms with E-state index in [9.17, 15) is 9.90 Å². The van der Waals surface area contributed by atoms with Gasteiger partial charge in [0, 0.05) is 13.0 Å². The predicted molar refractivity (Wildman–Crippen MR) is 75.8 cm³/mol. The van der Waals surface area contributed by atoms with Crippen molar-refractivity contribution in [1.29, 1.82) is 0 Å². The van der Waals surface area contributed by atoms with Crippen LogP contribution in [0, 0.1) is 5.41 Å². The molecule has 1 N–H and O–H groups in total. The van der Waals surface area contributed by atoms with Gasteiger partial charge in [-0.25, -0.2) is 4.68 Å². The second kappa shape index (κ2) is 6.98. The molecule has 0 saturated carbocycles. The van der Waals surface area contributed by atoms with E-state index >= 15 is 0 Å². The van der Waals surface area contributed by atoms with Gasteiger partial charge in [-0.1, -0.05) is 13.8 Å². The Morgan fingerprint density at radius 3 is 2.81 bits per heavy atom. The van der Waals surface area contributed by atoms with Crippen LogP contribution in [0.3, 0.4) is 0 Å². The van der Waals surface area contributed by atoms with Crippen molar-refractivity contribution in [3.63, 3.8) is 0 Å². The Morgan fingerprint density at radius 2 is 2.24 bits per heavy atom. The van der Waals surface area contributed by atoms with E-state index < -0.39 is 11.4 Å². The number of carbonyl (C=O) groups is 1. The van der Waals surface area contributed by atoms with E-state index in [2.05, 4.69) is 15.5 Å². The molecule has 1 aromatic rings. The van der Waals surface area contributed by atoms with Gasteiger partial charge in [0.1, 0.15) is 0 Å². The maximum Gasteiger partial charge on any atom is 0.311 e. The minimum Gasteiger partial charge on any atom is -0.481 e. The maximum atomic E-state index is 11.6. The zero-order valence-corrected chi connectivity index (χ0v) is 12.8. The van der Waals surface area contributed by atoms with Crippen molar-refractivity contribution in [3.8, 4) is 0 Å². The highest BCUT2D eigenvalue weighted by Gasteiger charge is 2.36. The van der Waals surface area contributed by atoms with Gasteiger partial charge in [-0.15, -0.1) is 5.10 Å². The minimum atomic E-state index is -0.798. The van der Waals surface area contributed by atoms with Gasteiger partial charge in [0.2, 0.25) is 0 Å². The van der Waals surface area contributed by atoms with Gasteiger partial charge in [0.25, 0.3) is 0 Å². The smallest absolute Gasteiger partial charge is 0.311 e. The first-order chi connectivity index (χ1) is 10.1. The molecular weight excluding hydrogens is 272 g/mol. The summed E-state index contributed by atoms with van der Waals surface area (Å²) in [5.74, 6) is -0.0360. The molecule has 7 heteroatoms. The van der Waals surface area contributed by atoms with Crippen molar-refractivity contribution in [1.82, 2.24) is 20.2 Å². The summed E-state index contributed by atoms with van der Waals surface area (Å²) >= 11 is 0. The number of aromatic nitrogens is 4. The highest BCUT2D eigenvalue weighted by atomic mass is 16.5. The van der Waals surface area contributed by atoms with Crippen molar-refractivity contribution in [3.05, 3.63) is 5.82 Å². The number of aryl methyl sites for hydroxylation is 1. The fraction of sp³-hybridized carbons (Fsp3) is 0.857. The molecule has 1 unspecified atom stereocenters. The third-order valence-electron chi connectivity index (χ3n) is 4.58. The average molecular weight is 296 g/mol. The van der Waals surface area contributed by atoms with E-state index in [0.717, 1.165) is 38.1 Å². The van der Waals surface area contributed by atoms with E-state index in [1.54, 1.807) is 4.68 Å².